The minimum absolute atomic E-state index is 0.0910. The maximum atomic E-state index is 6.56. The highest BCUT2D eigenvalue weighted by Gasteiger charge is 2.32. The van der Waals surface area contributed by atoms with Crippen LogP contribution in [0, 0.1) is 0 Å². The molecule has 3 aromatic rings. The third kappa shape index (κ3) is 3.70. The SMILES string of the molecule is COc1ccc(NC(=S)N2CCn3cccc3C2c2ccc(Cl)cc2Cl)cc1. The number of methoxy groups -OCH3 is 1. The number of benzene rings is 2. The van der Waals surface area contributed by atoms with Gasteiger partial charge in [-0.15, -0.1) is 0 Å². The Balaban J connectivity index is 1.67. The number of aromatic nitrogens is 1. The Kier molecular flexibility index (Phi) is 5.49. The van der Waals surface area contributed by atoms with Gasteiger partial charge in [0.1, 0.15) is 5.75 Å². The molecule has 0 spiro atoms. The van der Waals surface area contributed by atoms with E-state index in [1.165, 1.54) is 0 Å². The molecule has 1 unspecified atom stereocenters. The smallest absolute Gasteiger partial charge is 0.174 e. The van der Waals surface area contributed by atoms with Gasteiger partial charge in [-0.1, -0.05) is 29.3 Å². The van der Waals surface area contributed by atoms with E-state index in [0.717, 1.165) is 35.8 Å². The lowest BCUT2D eigenvalue weighted by molar-refractivity contribution is 0.293. The number of ether oxygens (including phenoxy) is 1. The highest BCUT2D eigenvalue weighted by molar-refractivity contribution is 7.80. The molecule has 0 saturated heterocycles. The van der Waals surface area contributed by atoms with Crippen LogP contribution < -0.4 is 10.1 Å². The summed E-state index contributed by atoms with van der Waals surface area (Å²) in [6, 6.07) is 17.4. The number of halogens is 2. The Bertz CT molecular complexity index is 1000. The van der Waals surface area contributed by atoms with Gasteiger partial charge in [0.05, 0.1) is 13.2 Å². The van der Waals surface area contributed by atoms with Crippen LogP contribution in [0.15, 0.2) is 60.8 Å². The zero-order valence-electron chi connectivity index (χ0n) is 15.2. The summed E-state index contributed by atoms with van der Waals surface area (Å²) in [6.07, 6.45) is 2.09. The van der Waals surface area contributed by atoms with E-state index in [1.807, 2.05) is 36.4 Å². The molecular weight excluding hydrogens is 413 g/mol. The van der Waals surface area contributed by atoms with Gasteiger partial charge in [-0.2, -0.15) is 0 Å². The van der Waals surface area contributed by atoms with Gasteiger partial charge >= 0.3 is 0 Å². The van der Waals surface area contributed by atoms with Gasteiger partial charge in [0.2, 0.25) is 0 Å². The molecule has 2 aromatic carbocycles. The van der Waals surface area contributed by atoms with E-state index in [4.69, 9.17) is 40.2 Å². The largest absolute Gasteiger partial charge is 0.497 e. The molecule has 1 aromatic heterocycles. The van der Waals surface area contributed by atoms with Crippen molar-refractivity contribution in [2.24, 2.45) is 0 Å². The van der Waals surface area contributed by atoms with Gasteiger partial charge < -0.3 is 19.5 Å². The summed E-state index contributed by atoms with van der Waals surface area (Å²) >= 11 is 18.4. The minimum Gasteiger partial charge on any atom is -0.497 e. The van der Waals surface area contributed by atoms with Crippen LogP contribution in [0.2, 0.25) is 10.0 Å². The van der Waals surface area contributed by atoms with Crippen molar-refractivity contribution in [1.29, 1.82) is 0 Å². The molecular formula is C21H19Cl2N3OS. The summed E-state index contributed by atoms with van der Waals surface area (Å²) in [4.78, 5) is 2.17. The van der Waals surface area contributed by atoms with Crippen LogP contribution in [0.3, 0.4) is 0 Å². The normalized spacial score (nSPS) is 15.8. The van der Waals surface area contributed by atoms with Crippen LogP contribution in [-0.2, 0) is 6.54 Å². The molecule has 0 amide bonds. The highest BCUT2D eigenvalue weighted by Crippen LogP contribution is 2.37. The van der Waals surface area contributed by atoms with E-state index in [2.05, 4.69) is 33.1 Å². The quantitative estimate of drug-likeness (QED) is 0.546. The van der Waals surface area contributed by atoms with Crippen LogP contribution in [-0.4, -0.2) is 28.2 Å². The lowest BCUT2D eigenvalue weighted by Crippen LogP contribution is -2.44. The van der Waals surface area contributed by atoms with E-state index < -0.39 is 0 Å². The van der Waals surface area contributed by atoms with Gasteiger partial charge in [0.15, 0.2) is 5.11 Å². The fourth-order valence-corrected chi connectivity index (χ4v) is 4.35. The summed E-state index contributed by atoms with van der Waals surface area (Å²) in [7, 11) is 1.65. The summed E-state index contributed by atoms with van der Waals surface area (Å²) in [5.74, 6) is 0.804. The molecule has 1 N–H and O–H groups in total. The number of fused-ring (bicyclic) bond motifs is 1. The molecule has 0 fully saturated rings. The summed E-state index contributed by atoms with van der Waals surface area (Å²) in [6.45, 7) is 1.63. The summed E-state index contributed by atoms with van der Waals surface area (Å²) in [5.41, 5.74) is 3.03. The summed E-state index contributed by atoms with van der Waals surface area (Å²) in [5, 5.41) is 5.23. The zero-order chi connectivity index (χ0) is 19.7. The molecule has 0 saturated carbocycles. The average molecular weight is 432 g/mol. The minimum atomic E-state index is -0.0910. The second kappa shape index (κ2) is 8.03. The van der Waals surface area contributed by atoms with E-state index in [1.54, 1.807) is 13.2 Å². The van der Waals surface area contributed by atoms with Crippen LogP contribution in [0.5, 0.6) is 5.75 Å². The topological polar surface area (TPSA) is 29.4 Å². The van der Waals surface area contributed by atoms with Crippen molar-refractivity contribution in [3.8, 4) is 5.75 Å². The molecule has 0 aliphatic carbocycles. The highest BCUT2D eigenvalue weighted by atomic mass is 35.5. The molecule has 4 rings (SSSR count). The van der Waals surface area contributed by atoms with Crippen molar-refractivity contribution in [3.05, 3.63) is 82.1 Å². The molecule has 0 bridgehead atoms. The number of nitrogens with zero attached hydrogens (tertiary/aromatic N) is 2. The van der Waals surface area contributed by atoms with Gasteiger partial charge in [0.25, 0.3) is 0 Å². The molecule has 7 heteroatoms. The maximum Gasteiger partial charge on any atom is 0.174 e. The Labute approximate surface area is 179 Å². The van der Waals surface area contributed by atoms with Crippen molar-refractivity contribution in [1.82, 2.24) is 9.47 Å². The molecule has 0 radical (unpaired) electrons. The van der Waals surface area contributed by atoms with Gasteiger partial charge in [-0.25, -0.2) is 0 Å². The molecule has 28 heavy (non-hydrogen) atoms. The predicted molar refractivity (Wildman–Crippen MR) is 119 cm³/mol. The molecule has 2 heterocycles. The van der Waals surface area contributed by atoms with E-state index >= 15 is 0 Å². The Hall–Kier alpha value is -2.21. The number of nitrogens with one attached hydrogen (secondary N) is 1. The molecule has 4 nitrogen and oxygen atoms in total. The standard InChI is InChI=1S/C21H19Cl2N3OS/c1-27-16-7-5-15(6-8-16)24-21(28)26-12-11-25-10-2-3-19(25)20(26)17-9-4-14(22)13-18(17)23/h2-10,13,20H,11-12H2,1H3,(H,24,28). The third-order valence-electron chi connectivity index (χ3n) is 4.90. The average Bonchev–Trinajstić information content (AvgIpc) is 3.17. The van der Waals surface area contributed by atoms with E-state index in [-0.39, 0.29) is 6.04 Å². The molecule has 1 atom stereocenters. The lowest BCUT2D eigenvalue weighted by atomic mass is 10.00. The van der Waals surface area contributed by atoms with Crippen molar-refractivity contribution in [3.63, 3.8) is 0 Å². The van der Waals surface area contributed by atoms with Crippen molar-refractivity contribution >= 4 is 46.2 Å². The van der Waals surface area contributed by atoms with Gasteiger partial charge in [-0.05, 0) is 66.3 Å². The number of hydrogen-bond acceptors (Lipinski definition) is 2. The van der Waals surface area contributed by atoms with Gasteiger partial charge in [-0.3, -0.25) is 0 Å². The first-order chi connectivity index (χ1) is 13.6. The second-order valence-electron chi connectivity index (χ2n) is 6.55. The first-order valence-corrected chi connectivity index (χ1v) is 10.0. The van der Waals surface area contributed by atoms with E-state index in [0.29, 0.717) is 15.2 Å². The number of anilines is 1. The second-order valence-corrected chi connectivity index (χ2v) is 7.78. The first-order valence-electron chi connectivity index (χ1n) is 8.88. The molecule has 144 valence electrons. The fraction of sp³-hybridized carbons (Fsp3) is 0.190. The van der Waals surface area contributed by atoms with Gasteiger partial charge in [0, 0.05) is 40.7 Å². The fourth-order valence-electron chi connectivity index (χ4n) is 3.52. The maximum absolute atomic E-state index is 6.56. The first kappa shape index (κ1) is 19.1. The number of hydrogen-bond donors (Lipinski definition) is 1. The Morgan fingerprint density at radius 1 is 1.11 bits per heavy atom. The van der Waals surface area contributed by atoms with E-state index in [9.17, 15) is 0 Å². The Morgan fingerprint density at radius 3 is 2.61 bits per heavy atom. The van der Waals surface area contributed by atoms with Crippen LogP contribution in [0.25, 0.3) is 0 Å². The van der Waals surface area contributed by atoms with Crippen molar-refractivity contribution in [2.75, 3.05) is 19.0 Å². The van der Waals surface area contributed by atoms with Crippen LogP contribution in [0.4, 0.5) is 5.69 Å². The van der Waals surface area contributed by atoms with Crippen molar-refractivity contribution < 1.29 is 4.74 Å². The summed E-state index contributed by atoms with van der Waals surface area (Å²) < 4.78 is 7.46. The third-order valence-corrected chi connectivity index (χ3v) is 5.80. The molecule has 1 aliphatic rings. The Morgan fingerprint density at radius 2 is 1.89 bits per heavy atom. The van der Waals surface area contributed by atoms with Crippen LogP contribution >= 0.6 is 35.4 Å². The number of rotatable bonds is 3. The molecule has 1 aliphatic heterocycles. The monoisotopic (exact) mass is 431 g/mol. The van der Waals surface area contributed by atoms with Crippen molar-refractivity contribution in [2.45, 2.75) is 12.6 Å². The number of thiocarbonyl (C=S) groups is 1. The predicted octanol–water partition coefficient (Wildman–Crippen LogP) is 5.61. The van der Waals surface area contributed by atoms with Crippen LogP contribution in [0.1, 0.15) is 17.3 Å². The zero-order valence-corrected chi connectivity index (χ0v) is 17.6. The lowest BCUT2D eigenvalue weighted by Gasteiger charge is -2.39.